The van der Waals surface area contributed by atoms with Crippen molar-refractivity contribution in [2.24, 2.45) is 0 Å². The van der Waals surface area contributed by atoms with Gasteiger partial charge in [-0.3, -0.25) is 4.79 Å². The molecule has 26 heavy (non-hydrogen) atoms. The van der Waals surface area contributed by atoms with Crippen molar-refractivity contribution < 1.29 is 23.8 Å². The average Bonchev–Trinajstić information content (AvgIpc) is 3.19. The van der Waals surface area contributed by atoms with Crippen molar-refractivity contribution in [2.75, 3.05) is 25.0 Å². The molecule has 0 radical (unpaired) electrons. The quantitative estimate of drug-likeness (QED) is 0.692. The lowest BCUT2D eigenvalue weighted by Gasteiger charge is -2.29. The Morgan fingerprint density at radius 2 is 1.96 bits per heavy atom. The third-order valence-electron chi connectivity index (χ3n) is 5.13. The number of carbonyl (C=O) groups is 1. The van der Waals surface area contributed by atoms with Crippen molar-refractivity contribution in [1.82, 2.24) is 0 Å². The lowest BCUT2D eigenvalue weighted by Crippen LogP contribution is -3.16. The number of halogens is 1. The second-order valence-corrected chi connectivity index (χ2v) is 7.04. The molecule has 1 fully saturated rings. The van der Waals surface area contributed by atoms with Gasteiger partial charge in [0, 0.05) is 5.69 Å². The summed E-state index contributed by atoms with van der Waals surface area (Å²) in [4.78, 5) is 13.9. The van der Waals surface area contributed by atoms with Gasteiger partial charge in [0.25, 0.3) is 5.91 Å². The van der Waals surface area contributed by atoms with Crippen LogP contribution in [0.1, 0.15) is 38.0 Å². The molecule has 2 heterocycles. The number of piperidine rings is 1. The molecule has 5 nitrogen and oxygen atoms in total. The minimum atomic E-state index is -0.312. The molecule has 140 valence electrons. The van der Waals surface area contributed by atoms with E-state index in [2.05, 4.69) is 10.6 Å². The topological polar surface area (TPSA) is 63.3 Å². The van der Waals surface area contributed by atoms with Crippen LogP contribution in [0.25, 0.3) is 0 Å². The number of hydrogen-bond acceptors (Lipinski definition) is 2. The third kappa shape index (κ3) is 4.93. The zero-order valence-electron chi connectivity index (χ0n) is 15.2. The van der Waals surface area contributed by atoms with Crippen LogP contribution in [0.2, 0.25) is 0 Å². The number of quaternary nitrogens is 2. The number of nitrogens with two attached hydrogens (primary N) is 1. The van der Waals surface area contributed by atoms with Gasteiger partial charge in [0.05, 0.1) is 19.4 Å². The molecule has 1 aliphatic heterocycles. The van der Waals surface area contributed by atoms with Crippen LogP contribution in [0.3, 0.4) is 0 Å². The molecule has 6 heteroatoms. The fraction of sp³-hybridized carbons (Fsp3) is 0.450. The maximum Gasteiger partial charge on any atom is 0.282 e. The van der Waals surface area contributed by atoms with Gasteiger partial charge in [0.15, 0.2) is 17.8 Å². The lowest BCUT2D eigenvalue weighted by molar-refractivity contribution is -0.951. The molecule has 4 N–H and O–H groups in total. The highest BCUT2D eigenvalue weighted by Gasteiger charge is 2.31. The summed E-state index contributed by atoms with van der Waals surface area (Å²) in [6, 6.07) is 9.81. The van der Waals surface area contributed by atoms with Crippen LogP contribution >= 0.6 is 0 Å². The average molecular weight is 361 g/mol. The number of benzene rings is 1. The van der Waals surface area contributed by atoms with Crippen molar-refractivity contribution in [3.05, 3.63) is 54.2 Å². The molecule has 1 amide bonds. The Balaban J connectivity index is 1.57. The van der Waals surface area contributed by atoms with E-state index in [1.165, 1.54) is 36.3 Å². The number of amides is 1. The summed E-state index contributed by atoms with van der Waals surface area (Å²) in [5.74, 6) is 0.598. The molecule has 3 rings (SSSR count). The van der Waals surface area contributed by atoms with E-state index in [9.17, 15) is 9.18 Å². The minimum Gasteiger partial charge on any atom is -0.463 e. The highest BCUT2D eigenvalue weighted by atomic mass is 19.1. The fourth-order valence-corrected chi connectivity index (χ4v) is 3.56. The van der Waals surface area contributed by atoms with Crippen molar-refractivity contribution in [3.63, 3.8) is 0 Å². The molecule has 1 saturated heterocycles. The van der Waals surface area contributed by atoms with E-state index in [1.54, 1.807) is 18.4 Å². The Bertz CT molecular complexity index is 682. The van der Waals surface area contributed by atoms with Crippen LogP contribution in [0.5, 0.6) is 0 Å². The molecule has 1 aliphatic rings. The Morgan fingerprint density at radius 3 is 2.62 bits per heavy atom. The number of hydrogen-bond donors (Lipinski definition) is 3. The van der Waals surface area contributed by atoms with Crippen LogP contribution in [-0.4, -0.2) is 31.6 Å². The number of rotatable bonds is 7. The molecule has 2 atom stereocenters. The Morgan fingerprint density at radius 1 is 1.23 bits per heavy atom. The predicted octanol–water partition coefficient (Wildman–Crippen LogP) is 1.12. The number of nitrogens with one attached hydrogen (secondary N) is 2. The third-order valence-corrected chi connectivity index (χ3v) is 5.13. The second-order valence-electron chi connectivity index (χ2n) is 7.04. The summed E-state index contributed by atoms with van der Waals surface area (Å²) in [6.45, 7) is 4.98. The Kier molecular flexibility index (Phi) is 6.41. The summed E-state index contributed by atoms with van der Waals surface area (Å²) in [5, 5.41) is 4.90. The Hall–Kier alpha value is -2.18. The lowest BCUT2D eigenvalue weighted by atomic mass is 10.1. The first kappa shape index (κ1) is 18.6. The zero-order valence-corrected chi connectivity index (χ0v) is 15.2. The Labute approximate surface area is 153 Å². The predicted molar refractivity (Wildman–Crippen MR) is 97.3 cm³/mol. The number of anilines is 1. The van der Waals surface area contributed by atoms with Gasteiger partial charge in [-0.05, 0) is 62.6 Å². The SMILES string of the molecule is C[C@@H]([NH2+]C[C@H](c1ccco1)[NH+]1CCCCC1)C(=O)Nc1ccc(F)cc1. The van der Waals surface area contributed by atoms with Gasteiger partial charge in [-0.2, -0.15) is 0 Å². The molecule has 1 aromatic heterocycles. The highest BCUT2D eigenvalue weighted by Crippen LogP contribution is 2.11. The monoisotopic (exact) mass is 361 g/mol. The zero-order chi connectivity index (χ0) is 18.4. The van der Waals surface area contributed by atoms with Gasteiger partial charge in [0.1, 0.15) is 12.4 Å². The van der Waals surface area contributed by atoms with E-state index in [0.29, 0.717) is 5.69 Å². The second kappa shape index (κ2) is 8.96. The van der Waals surface area contributed by atoms with E-state index in [1.807, 2.05) is 19.1 Å². The van der Waals surface area contributed by atoms with Crippen LogP contribution in [0.15, 0.2) is 47.1 Å². The van der Waals surface area contributed by atoms with Crippen molar-refractivity contribution in [2.45, 2.75) is 38.3 Å². The van der Waals surface area contributed by atoms with Gasteiger partial charge in [-0.15, -0.1) is 0 Å². The number of furan rings is 1. The summed E-state index contributed by atoms with van der Waals surface area (Å²) in [6.07, 6.45) is 5.51. The van der Waals surface area contributed by atoms with Gasteiger partial charge in [0.2, 0.25) is 0 Å². The van der Waals surface area contributed by atoms with Crippen molar-refractivity contribution >= 4 is 11.6 Å². The normalized spacial score (nSPS) is 17.6. The summed E-state index contributed by atoms with van der Waals surface area (Å²) in [5.41, 5.74) is 0.612. The van der Waals surface area contributed by atoms with Crippen LogP contribution in [0, 0.1) is 5.82 Å². The summed E-state index contributed by atoms with van der Waals surface area (Å²) < 4.78 is 18.6. The molecule has 0 spiro atoms. The molecule has 0 unspecified atom stereocenters. The number of likely N-dealkylation sites (tertiary alicyclic amines) is 1. The first-order valence-electron chi connectivity index (χ1n) is 9.41. The van der Waals surface area contributed by atoms with E-state index in [-0.39, 0.29) is 23.8 Å². The van der Waals surface area contributed by atoms with E-state index >= 15 is 0 Å². The smallest absolute Gasteiger partial charge is 0.282 e. The largest absolute Gasteiger partial charge is 0.463 e. The first-order valence-corrected chi connectivity index (χ1v) is 9.41. The van der Waals surface area contributed by atoms with Crippen LogP contribution in [0.4, 0.5) is 10.1 Å². The van der Waals surface area contributed by atoms with Gasteiger partial charge < -0.3 is 20.0 Å². The van der Waals surface area contributed by atoms with Crippen molar-refractivity contribution in [3.8, 4) is 0 Å². The molecule has 0 bridgehead atoms. The van der Waals surface area contributed by atoms with E-state index in [4.69, 9.17) is 4.42 Å². The molecule has 1 aromatic carbocycles. The van der Waals surface area contributed by atoms with Gasteiger partial charge in [-0.1, -0.05) is 0 Å². The van der Waals surface area contributed by atoms with Crippen LogP contribution in [-0.2, 0) is 4.79 Å². The fourth-order valence-electron chi connectivity index (χ4n) is 3.56. The van der Waals surface area contributed by atoms with E-state index < -0.39 is 0 Å². The molecular weight excluding hydrogens is 333 g/mol. The molecule has 0 aliphatic carbocycles. The maximum atomic E-state index is 13.0. The molecular formula is C20H28FN3O2+2. The van der Waals surface area contributed by atoms with Crippen LogP contribution < -0.4 is 15.5 Å². The molecule has 0 saturated carbocycles. The van der Waals surface area contributed by atoms with Gasteiger partial charge in [-0.25, -0.2) is 4.39 Å². The van der Waals surface area contributed by atoms with E-state index in [0.717, 1.165) is 25.4 Å². The van der Waals surface area contributed by atoms with Gasteiger partial charge >= 0.3 is 0 Å². The maximum absolute atomic E-state index is 13.0. The summed E-state index contributed by atoms with van der Waals surface area (Å²) in [7, 11) is 0. The molecule has 2 aromatic rings. The standard InChI is InChI=1S/C20H26FN3O2/c1-15(20(25)23-17-9-7-16(21)8-10-17)22-14-18(19-6-5-13-26-19)24-11-3-2-4-12-24/h5-10,13,15,18,22H,2-4,11-12,14H2,1H3,(H,23,25)/p+2/t15-,18-/m1/s1. The number of carbonyl (C=O) groups excluding carboxylic acids is 1. The minimum absolute atomic E-state index is 0.0801. The summed E-state index contributed by atoms with van der Waals surface area (Å²) >= 11 is 0. The highest BCUT2D eigenvalue weighted by molar-refractivity contribution is 5.93. The van der Waals surface area contributed by atoms with Crippen molar-refractivity contribution in [1.29, 1.82) is 0 Å². The first-order chi connectivity index (χ1) is 12.6.